The summed E-state index contributed by atoms with van der Waals surface area (Å²) in [4.78, 5) is 0. The van der Waals surface area contributed by atoms with Crippen LogP contribution in [-0.2, 0) is 6.18 Å². The number of hydrogen-bond acceptors (Lipinski definition) is 3. The van der Waals surface area contributed by atoms with Gasteiger partial charge in [0.25, 0.3) is 0 Å². The van der Waals surface area contributed by atoms with E-state index < -0.39 is 11.7 Å². The van der Waals surface area contributed by atoms with Crippen LogP contribution in [0.5, 0.6) is 0 Å². The fourth-order valence-corrected chi connectivity index (χ4v) is 1.76. The Kier molecular flexibility index (Phi) is 5.95. The van der Waals surface area contributed by atoms with Crippen LogP contribution in [0.2, 0.25) is 0 Å². The first kappa shape index (κ1) is 15.6. The second-order valence-electron chi connectivity index (χ2n) is 4.37. The minimum absolute atomic E-state index is 0.0591. The standard InChI is InChI=1S/C13H19F3N2O/c14-13(15,16)11-9-10(17)5-6-12(11)18-7-3-1-2-4-8-19/h5-6,9,18-19H,1-4,7-8,17H2. The molecular weight excluding hydrogens is 257 g/mol. The Morgan fingerprint density at radius 1 is 1.11 bits per heavy atom. The van der Waals surface area contributed by atoms with Crippen molar-refractivity contribution in [1.82, 2.24) is 0 Å². The molecule has 0 spiro atoms. The number of hydrogen-bond donors (Lipinski definition) is 3. The van der Waals surface area contributed by atoms with Crippen LogP contribution >= 0.6 is 0 Å². The maximum absolute atomic E-state index is 12.8. The van der Waals surface area contributed by atoms with Crippen LogP contribution in [0.4, 0.5) is 24.5 Å². The summed E-state index contributed by atoms with van der Waals surface area (Å²) in [5.41, 5.74) is 4.81. The van der Waals surface area contributed by atoms with Crippen molar-refractivity contribution in [3.05, 3.63) is 23.8 Å². The van der Waals surface area contributed by atoms with Gasteiger partial charge in [0.15, 0.2) is 0 Å². The molecule has 1 aromatic carbocycles. The van der Waals surface area contributed by atoms with Gasteiger partial charge in [0.05, 0.1) is 5.56 Å². The third kappa shape index (κ3) is 5.38. The summed E-state index contributed by atoms with van der Waals surface area (Å²) in [7, 11) is 0. The second-order valence-corrected chi connectivity index (χ2v) is 4.37. The molecule has 4 N–H and O–H groups in total. The number of rotatable bonds is 7. The van der Waals surface area contributed by atoms with E-state index in [1.165, 1.54) is 12.1 Å². The number of aliphatic hydroxyl groups is 1. The van der Waals surface area contributed by atoms with Gasteiger partial charge in [0, 0.05) is 24.5 Å². The number of unbranched alkanes of at least 4 members (excludes halogenated alkanes) is 3. The number of nitrogens with two attached hydrogens (primary N) is 1. The molecule has 0 aromatic heterocycles. The van der Waals surface area contributed by atoms with Crippen molar-refractivity contribution in [2.24, 2.45) is 0 Å². The van der Waals surface area contributed by atoms with Crippen LogP contribution in [0.15, 0.2) is 18.2 Å². The first-order valence-corrected chi connectivity index (χ1v) is 6.26. The molecule has 1 aromatic rings. The molecule has 0 atom stereocenters. The number of benzene rings is 1. The number of aliphatic hydroxyl groups excluding tert-OH is 1. The molecule has 0 amide bonds. The van der Waals surface area contributed by atoms with E-state index in [-0.39, 0.29) is 18.0 Å². The Bertz CT molecular complexity index is 394. The lowest BCUT2D eigenvalue weighted by atomic mass is 10.1. The molecule has 6 heteroatoms. The molecule has 1 rings (SSSR count). The van der Waals surface area contributed by atoms with Crippen LogP contribution in [0.1, 0.15) is 31.2 Å². The van der Waals surface area contributed by atoms with Crippen molar-refractivity contribution >= 4 is 11.4 Å². The number of anilines is 2. The van der Waals surface area contributed by atoms with Gasteiger partial charge in [-0.3, -0.25) is 0 Å². The van der Waals surface area contributed by atoms with Gasteiger partial charge in [0.2, 0.25) is 0 Å². The zero-order chi connectivity index (χ0) is 14.3. The smallest absolute Gasteiger partial charge is 0.399 e. The quantitative estimate of drug-likeness (QED) is 0.529. The molecule has 0 aliphatic heterocycles. The molecule has 0 bridgehead atoms. The fourth-order valence-electron chi connectivity index (χ4n) is 1.76. The monoisotopic (exact) mass is 276 g/mol. The lowest BCUT2D eigenvalue weighted by Crippen LogP contribution is -2.12. The minimum Gasteiger partial charge on any atom is -0.399 e. The van der Waals surface area contributed by atoms with E-state index >= 15 is 0 Å². The summed E-state index contributed by atoms with van der Waals surface area (Å²) < 4.78 is 38.3. The van der Waals surface area contributed by atoms with Gasteiger partial charge in [-0.1, -0.05) is 12.8 Å². The highest BCUT2D eigenvalue weighted by molar-refractivity contribution is 5.59. The van der Waals surface area contributed by atoms with E-state index in [2.05, 4.69) is 5.32 Å². The summed E-state index contributed by atoms with van der Waals surface area (Å²) in [5, 5.41) is 11.4. The van der Waals surface area contributed by atoms with Crippen LogP contribution in [-0.4, -0.2) is 18.3 Å². The van der Waals surface area contributed by atoms with Crippen LogP contribution in [0.3, 0.4) is 0 Å². The van der Waals surface area contributed by atoms with Gasteiger partial charge in [-0.25, -0.2) is 0 Å². The van der Waals surface area contributed by atoms with Gasteiger partial charge < -0.3 is 16.2 Å². The third-order valence-electron chi connectivity index (χ3n) is 2.75. The lowest BCUT2D eigenvalue weighted by Gasteiger charge is -2.15. The van der Waals surface area contributed by atoms with Gasteiger partial charge in [-0.05, 0) is 31.0 Å². The van der Waals surface area contributed by atoms with Crippen molar-refractivity contribution in [2.45, 2.75) is 31.9 Å². The van der Waals surface area contributed by atoms with Gasteiger partial charge in [-0.15, -0.1) is 0 Å². The highest BCUT2D eigenvalue weighted by atomic mass is 19.4. The van der Waals surface area contributed by atoms with Crippen LogP contribution in [0, 0.1) is 0 Å². The van der Waals surface area contributed by atoms with Crippen LogP contribution in [0.25, 0.3) is 0 Å². The molecule has 0 heterocycles. The third-order valence-corrected chi connectivity index (χ3v) is 2.75. The average Bonchev–Trinajstić information content (AvgIpc) is 2.34. The molecule has 0 radical (unpaired) electrons. The fraction of sp³-hybridized carbons (Fsp3) is 0.538. The maximum Gasteiger partial charge on any atom is 0.418 e. The predicted octanol–water partition coefficient (Wildman–Crippen LogP) is 3.25. The molecule has 0 aliphatic rings. The Morgan fingerprint density at radius 2 is 1.79 bits per heavy atom. The lowest BCUT2D eigenvalue weighted by molar-refractivity contribution is -0.136. The Labute approximate surface area is 110 Å². The normalized spacial score (nSPS) is 11.6. The largest absolute Gasteiger partial charge is 0.418 e. The zero-order valence-electron chi connectivity index (χ0n) is 10.6. The van der Waals surface area contributed by atoms with Gasteiger partial charge in [0.1, 0.15) is 0 Å². The van der Waals surface area contributed by atoms with E-state index in [4.69, 9.17) is 10.8 Å². The van der Waals surface area contributed by atoms with Crippen molar-refractivity contribution < 1.29 is 18.3 Å². The van der Waals surface area contributed by atoms with E-state index in [0.29, 0.717) is 6.54 Å². The van der Waals surface area contributed by atoms with Crippen molar-refractivity contribution in [2.75, 3.05) is 24.2 Å². The van der Waals surface area contributed by atoms with E-state index in [9.17, 15) is 13.2 Å². The Hall–Kier alpha value is -1.43. The molecule has 19 heavy (non-hydrogen) atoms. The second kappa shape index (κ2) is 7.23. The summed E-state index contributed by atoms with van der Waals surface area (Å²) >= 11 is 0. The number of halogens is 3. The maximum atomic E-state index is 12.8. The molecule has 3 nitrogen and oxygen atoms in total. The Balaban J connectivity index is 2.54. The number of nitrogens with one attached hydrogen (secondary N) is 1. The van der Waals surface area contributed by atoms with Crippen molar-refractivity contribution in [1.29, 1.82) is 0 Å². The van der Waals surface area contributed by atoms with Crippen molar-refractivity contribution in [3.8, 4) is 0 Å². The summed E-state index contributed by atoms with van der Waals surface area (Å²) in [6, 6.07) is 3.74. The van der Waals surface area contributed by atoms with E-state index in [1.54, 1.807) is 0 Å². The molecule has 0 saturated carbocycles. The molecule has 0 saturated heterocycles. The molecule has 0 unspecified atom stereocenters. The molecular formula is C13H19F3N2O. The minimum atomic E-state index is -4.41. The number of nitrogen functional groups attached to an aromatic ring is 1. The summed E-state index contributed by atoms with van der Waals surface area (Å²) in [6.45, 7) is 0.627. The SMILES string of the molecule is Nc1ccc(NCCCCCCO)c(C(F)(F)F)c1. The van der Waals surface area contributed by atoms with E-state index in [1.807, 2.05) is 0 Å². The highest BCUT2D eigenvalue weighted by Gasteiger charge is 2.33. The van der Waals surface area contributed by atoms with Gasteiger partial charge >= 0.3 is 6.18 Å². The van der Waals surface area contributed by atoms with Gasteiger partial charge in [-0.2, -0.15) is 13.2 Å². The first-order valence-electron chi connectivity index (χ1n) is 6.26. The van der Waals surface area contributed by atoms with Crippen molar-refractivity contribution in [3.63, 3.8) is 0 Å². The molecule has 108 valence electrons. The predicted molar refractivity (Wildman–Crippen MR) is 69.9 cm³/mol. The topological polar surface area (TPSA) is 58.3 Å². The van der Waals surface area contributed by atoms with Crippen LogP contribution < -0.4 is 11.1 Å². The summed E-state index contributed by atoms with van der Waals surface area (Å²) in [5.74, 6) is 0. The molecule has 0 aliphatic carbocycles. The first-order chi connectivity index (χ1) is 8.95. The zero-order valence-corrected chi connectivity index (χ0v) is 10.6. The highest BCUT2D eigenvalue weighted by Crippen LogP contribution is 2.36. The average molecular weight is 276 g/mol. The van der Waals surface area contributed by atoms with E-state index in [0.717, 1.165) is 31.7 Å². The number of alkyl halides is 3. The molecule has 0 fully saturated rings. The summed E-state index contributed by atoms with van der Waals surface area (Å²) in [6.07, 6.45) is -1.15. The Morgan fingerprint density at radius 3 is 2.42 bits per heavy atom.